The first-order valence-electron chi connectivity index (χ1n) is 7.17. The monoisotopic (exact) mass is 264 g/mol. The van der Waals surface area contributed by atoms with Crippen molar-refractivity contribution in [3.63, 3.8) is 0 Å². The van der Waals surface area contributed by atoms with Crippen LogP contribution < -0.4 is 5.43 Å². The van der Waals surface area contributed by atoms with E-state index in [2.05, 4.69) is 11.8 Å². The van der Waals surface area contributed by atoms with Crippen molar-refractivity contribution in [3.05, 3.63) is 27.7 Å². The van der Waals surface area contributed by atoms with Gasteiger partial charge in [0, 0.05) is 31.4 Å². The molecule has 0 amide bonds. The van der Waals surface area contributed by atoms with Crippen molar-refractivity contribution < 1.29 is 5.11 Å². The fourth-order valence-electron chi connectivity index (χ4n) is 3.06. The van der Waals surface area contributed by atoms with Gasteiger partial charge < -0.3 is 9.67 Å². The van der Waals surface area contributed by atoms with Gasteiger partial charge in [0.05, 0.1) is 5.69 Å². The quantitative estimate of drug-likeness (QED) is 0.909. The van der Waals surface area contributed by atoms with Gasteiger partial charge in [-0.3, -0.25) is 9.69 Å². The third kappa shape index (κ3) is 3.00. The average Bonchev–Trinajstić information content (AvgIpc) is 2.36. The van der Waals surface area contributed by atoms with E-state index in [4.69, 9.17) is 0 Å². The third-order valence-corrected chi connectivity index (χ3v) is 4.03. The van der Waals surface area contributed by atoms with Gasteiger partial charge in [0.1, 0.15) is 0 Å². The molecular weight excluding hydrogens is 240 g/mol. The predicted octanol–water partition coefficient (Wildman–Crippen LogP) is 2.11. The number of pyridine rings is 1. The maximum atomic E-state index is 11.8. The zero-order valence-corrected chi connectivity index (χ0v) is 12.1. The molecule has 19 heavy (non-hydrogen) atoms. The maximum absolute atomic E-state index is 11.8. The molecule has 1 N–H and O–H groups in total. The number of piperidine rings is 1. The van der Waals surface area contributed by atoms with E-state index >= 15 is 0 Å². The zero-order valence-electron chi connectivity index (χ0n) is 12.1. The summed E-state index contributed by atoms with van der Waals surface area (Å²) in [6.45, 7) is 9.77. The van der Waals surface area contributed by atoms with Crippen molar-refractivity contribution >= 4 is 0 Å². The summed E-state index contributed by atoms with van der Waals surface area (Å²) in [5.74, 6) is 0.619. The van der Waals surface area contributed by atoms with Gasteiger partial charge in [0.15, 0.2) is 5.75 Å². The average molecular weight is 264 g/mol. The number of aryl methyl sites for hydroxylation is 1. The van der Waals surface area contributed by atoms with Crippen LogP contribution in [-0.4, -0.2) is 27.7 Å². The molecule has 0 saturated carbocycles. The van der Waals surface area contributed by atoms with Crippen LogP contribution >= 0.6 is 0 Å². The van der Waals surface area contributed by atoms with Crippen molar-refractivity contribution in [2.75, 3.05) is 13.1 Å². The highest BCUT2D eigenvalue weighted by Gasteiger charge is 2.20. The molecule has 106 valence electrons. The Bertz CT molecular complexity index is 508. The molecule has 1 unspecified atom stereocenters. The maximum Gasteiger partial charge on any atom is 0.223 e. The molecule has 0 aliphatic carbocycles. The summed E-state index contributed by atoms with van der Waals surface area (Å²) < 4.78 is 2.04. The Morgan fingerprint density at radius 2 is 2.21 bits per heavy atom. The van der Waals surface area contributed by atoms with Gasteiger partial charge in [-0.25, -0.2) is 0 Å². The van der Waals surface area contributed by atoms with Gasteiger partial charge in [-0.1, -0.05) is 6.92 Å². The minimum atomic E-state index is -0.262. The van der Waals surface area contributed by atoms with E-state index in [1.165, 1.54) is 18.9 Å². The Kier molecular flexibility index (Phi) is 4.30. The van der Waals surface area contributed by atoms with Gasteiger partial charge in [0.2, 0.25) is 5.43 Å². The molecule has 1 aromatic rings. The lowest BCUT2D eigenvalue weighted by Crippen LogP contribution is -2.35. The molecule has 4 nitrogen and oxygen atoms in total. The second-order valence-corrected chi connectivity index (χ2v) is 5.67. The van der Waals surface area contributed by atoms with E-state index in [0.29, 0.717) is 12.5 Å². The van der Waals surface area contributed by atoms with Crippen LogP contribution in [0.15, 0.2) is 10.9 Å². The minimum absolute atomic E-state index is 0.0781. The van der Waals surface area contributed by atoms with Crippen LogP contribution in [0.5, 0.6) is 5.75 Å². The molecule has 4 heteroatoms. The first-order valence-corrected chi connectivity index (χ1v) is 7.17. The normalized spacial score (nSPS) is 20.7. The summed E-state index contributed by atoms with van der Waals surface area (Å²) in [6.07, 6.45) is 2.47. The summed E-state index contributed by atoms with van der Waals surface area (Å²) in [6, 6.07) is 1.52. The second kappa shape index (κ2) is 5.78. The minimum Gasteiger partial charge on any atom is -0.503 e. The molecule has 1 atom stereocenters. The van der Waals surface area contributed by atoms with Crippen molar-refractivity contribution in [1.82, 2.24) is 9.47 Å². The molecule has 2 rings (SSSR count). The molecule has 0 bridgehead atoms. The number of hydrogen-bond acceptors (Lipinski definition) is 3. The summed E-state index contributed by atoms with van der Waals surface area (Å²) in [7, 11) is 0. The largest absolute Gasteiger partial charge is 0.503 e. The summed E-state index contributed by atoms with van der Waals surface area (Å²) in [4.78, 5) is 14.1. The van der Waals surface area contributed by atoms with Crippen LogP contribution in [0, 0.1) is 12.8 Å². The Morgan fingerprint density at radius 3 is 2.84 bits per heavy atom. The van der Waals surface area contributed by atoms with Gasteiger partial charge in [-0.05, 0) is 39.2 Å². The molecule has 1 aliphatic heterocycles. The topological polar surface area (TPSA) is 45.5 Å². The molecule has 1 aromatic heterocycles. The van der Waals surface area contributed by atoms with E-state index in [0.717, 1.165) is 31.0 Å². The van der Waals surface area contributed by atoms with Gasteiger partial charge in [-0.15, -0.1) is 0 Å². The van der Waals surface area contributed by atoms with Gasteiger partial charge in [0.25, 0.3) is 0 Å². The standard InChI is InChI=1S/C15H24N2O2/c1-4-17-12(3)8-14(18)15(19)13(17)10-16-7-5-6-11(2)9-16/h8,11,19H,4-7,9-10H2,1-3H3. The number of rotatable bonds is 3. The number of likely N-dealkylation sites (tertiary alicyclic amines) is 1. The molecule has 0 aromatic carbocycles. The predicted molar refractivity (Wildman–Crippen MR) is 76.5 cm³/mol. The van der Waals surface area contributed by atoms with Crippen LogP contribution in [0.1, 0.15) is 38.1 Å². The third-order valence-electron chi connectivity index (χ3n) is 4.03. The zero-order chi connectivity index (χ0) is 14.0. The van der Waals surface area contributed by atoms with Crippen molar-refractivity contribution in [2.24, 2.45) is 5.92 Å². The van der Waals surface area contributed by atoms with Crippen LogP contribution in [0.2, 0.25) is 0 Å². The van der Waals surface area contributed by atoms with E-state index in [1.807, 2.05) is 18.4 Å². The van der Waals surface area contributed by atoms with E-state index < -0.39 is 0 Å². The SMILES string of the molecule is CCn1c(C)cc(=O)c(O)c1CN1CCCC(C)C1. The summed E-state index contributed by atoms with van der Waals surface area (Å²) in [5, 5.41) is 10.1. The van der Waals surface area contributed by atoms with Crippen molar-refractivity contribution in [1.29, 1.82) is 0 Å². The van der Waals surface area contributed by atoms with E-state index in [-0.39, 0.29) is 11.2 Å². The Hall–Kier alpha value is -1.29. The summed E-state index contributed by atoms with van der Waals surface area (Å²) >= 11 is 0. The summed E-state index contributed by atoms with van der Waals surface area (Å²) in [5.41, 5.74) is 1.43. The Balaban J connectivity index is 2.30. The smallest absolute Gasteiger partial charge is 0.223 e. The highest BCUT2D eigenvalue weighted by Crippen LogP contribution is 2.21. The number of aromatic hydroxyl groups is 1. The van der Waals surface area contributed by atoms with Gasteiger partial charge >= 0.3 is 0 Å². The molecule has 0 spiro atoms. The first-order chi connectivity index (χ1) is 9.02. The number of aromatic nitrogens is 1. The van der Waals surface area contributed by atoms with Crippen LogP contribution in [0.4, 0.5) is 0 Å². The van der Waals surface area contributed by atoms with Crippen LogP contribution in [0.25, 0.3) is 0 Å². The highest BCUT2D eigenvalue weighted by molar-refractivity contribution is 5.29. The van der Waals surface area contributed by atoms with Crippen LogP contribution in [-0.2, 0) is 13.1 Å². The lowest BCUT2D eigenvalue weighted by Gasteiger charge is -2.31. The van der Waals surface area contributed by atoms with Crippen molar-refractivity contribution in [2.45, 2.75) is 46.7 Å². The fourth-order valence-corrected chi connectivity index (χ4v) is 3.06. The molecule has 1 aliphatic rings. The second-order valence-electron chi connectivity index (χ2n) is 5.67. The lowest BCUT2D eigenvalue weighted by atomic mass is 10.00. The van der Waals surface area contributed by atoms with Crippen molar-refractivity contribution in [3.8, 4) is 5.75 Å². The lowest BCUT2D eigenvalue weighted by molar-refractivity contribution is 0.170. The van der Waals surface area contributed by atoms with Crippen LogP contribution in [0.3, 0.4) is 0 Å². The Labute approximate surface area is 114 Å². The van der Waals surface area contributed by atoms with E-state index in [1.54, 1.807) is 0 Å². The highest BCUT2D eigenvalue weighted by atomic mass is 16.3. The molecule has 0 radical (unpaired) electrons. The molecular formula is C15H24N2O2. The fraction of sp³-hybridized carbons (Fsp3) is 0.667. The van der Waals surface area contributed by atoms with Gasteiger partial charge in [-0.2, -0.15) is 0 Å². The van der Waals surface area contributed by atoms with E-state index in [9.17, 15) is 9.90 Å². The first kappa shape index (κ1) is 14.1. The molecule has 2 heterocycles. The number of hydrogen-bond donors (Lipinski definition) is 1. The Morgan fingerprint density at radius 1 is 1.47 bits per heavy atom. The number of nitrogens with zero attached hydrogens (tertiary/aromatic N) is 2. The molecule has 1 saturated heterocycles. The molecule has 1 fully saturated rings.